The highest BCUT2D eigenvalue weighted by Gasteiger charge is 2.10. The van der Waals surface area contributed by atoms with Crippen LogP contribution in [0.15, 0.2) is 0 Å². The maximum atomic E-state index is 8.42. The summed E-state index contributed by atoms with van der Waals surface area (Å²) in [7, 11) is 3.81. The Kier molecular flexibility index (Phi) is 6.44. The Morgan fingerprint density at radius 3 is 2.25 bits per heavy atom. The van der Waals surface area contributed by atoms with E-state index in [1.54, 1.807) is 0 Å². The van der Waals surface area contributed by atoms with Crippen molar-refractivity contribution in [3.8, 4) is 6.19 Å². The minimum absolute atomic E-state index is 0.264. The summed E-state index contributed by atoms with van der Waals surface area (Å²) in [6.07, 6.45) is 4.12. The van der Waals surface area contributed by atoms with Gasteiger partial charge in [-0.1, -0.05) is 6.92 Å². The molecule has 0 fully saturated rings. The molecule has 70 valence electrons. The Morgan fingerprint density at radius 1 is 1.33 bits per heavy atom. The van der Waals surface area contributed by atoms with E-state index in [1.807, 2.05) is 20.3 Å². The fourth-order valence-corrected chi connectivity index (χ4v) is 1.08. The SMILES string of the molecule is CCC(CC(NC)NC)NC#N. The van der Waals surface area contributed by atoms with Crippen molar-refractivity contribution in [1.82, 2.24) is 16.0 Å². The molecule has 0 saturated carbocycles. The van der Waals surface area contributed by atoms with Crippen LogP contribution < -0.4 is 16.0 Å². The Labute approximate surface area is 74.3 Å². The molecule has 1 unspecified atom stereocenters. The largest absolute Gasteiger partial charge is 0.321 e. The van der Waals surface area contributed by atoms with Gasteiger partial charge in [0.1, 0.15) is 0 Å². The highest BCUT2D eigenvalue weighted by Crippen LogP contribution is 1.99. The van der Waals surface area contributed by atoms with Crippen LogP contribution in [-0.4, -0.2) is 26.3 Å². The molecule has 0 aliphatic rings. The van der Waals surface area contributed by atoms with E-state index in [0.717, 1.165) is 12.8 Å². The van der Waals surface area contributed by atoms with Crippen molar-refractivity contribution in [2.75, 3.05) is 14.1 Å². The van der Waals surface area contributed by atoms with Crippen molar-refractivity contribution in [2.24, 2.45) is 0 Å². The van der Waals surface area contributed by atoms with E-state index in [9.17, 15) is 0 Å². The highest BCUT2D eigenvalue weighted by molar-refractivity contribution is 4.78. The molecule has 12 heavy (non-hydrogen) atoms. The monoisotopic (exact) mass is 170 g/mol. The fourth-order valence-electron chi connectivity index (χ4n) is 1.08. The van der Waals surface area contributed by atoms with Crippen LogP contribution in [0.25, 0.3) is 0 Å². The molecule has 4 heteroatoms. The van der Waals surface area contributed by atoms with Gasteiger partial charge in [0.15, 0.2) is 6.19 Å². The maximum absolute atomic E-state index is 8.42. The van der Waals surface area contributed by atoms with E-state index in [0.29, 0.717) is 0 Å². The van der Waals surface area contributed by atoms with Gasteiger partial charge in [-0.15, -0.1) is 0 Å². The molecule has 0 rings (SSSR count). The molecular weight excluding hydrogens is 152 g/mol. The number of hydrogen-bond acceptors (Lipinski definition) is 4. The van der Waals surface area contributed by atoms with Gasteiger partial charge < -0.3 is 16.0 Å². The van der Waals surface area contributed by atoms with Gasteiger partial charge in [-0.3, -0.25) is 0 Å². The zero-order valence-electron chi connectivity index (χ0n) is 8.02. The van der Waals surface area contributed by atoms with Crippen molar-refractivity contribution < 1.29 is 0 Å². The molecule has 0 saturated heterocycles. The third-order valence-electron chi connectivity index (χ3n) is 1.98. The van der Waals surface area contributed by atoms with Gasteiger partial charge in [0.2, 0.25) is 0 Å². The predicted octanol–water partition coefficient (Wildman–Crippen LogP) is -0.00932. The standard InChI is InChI=1S/C8H18N4/c1-4-7(12-6-9)5-8(10-2)11-3/h7-8,10-12H,4-5H2,1-3H3. The van der Waals surface area contributed by atoms with Crippen LogP contribution in [0, 0.1) is 11.5 Å². The van der Waals surface area contributed by atoms with E-state index in [-0.39, 0.29) is 12.2 Å². The molecule has 0 aromatic heterocycles. The number of rotatable bonds is 6. The molecule has 0 aromatic rings. The van der Waals surface area contributed by atoms with Crippen LogP contribution >= 0.6 is 0 Å². The Balaban J connectivity index is 3.75. The van der Waals surface area contributed by atoms with Gasteiger partial charge in [-0.25, -0.2) is 0 Å². The van der Waals surface area contributed by atoms with E-state index in [4.69, 9.17) is 5.26 Å². The van der Waals surface area contributed by atoms with E-state index in [2.05, 4.69) is 22.9 Å². The van der Waals surface area contributed by atoms with Crippen LogP contribution in [0.3, 0.4) is 0 Å². The number of nitrogens with zero attached hydrogens (tertiary/aromatic N) is 1. The second-order valence-electron chi connectivity index (χ2n) is 2.73. The minimum Gasteiger partial charge on any atom is -0.321 e. The van der Waals surface area contributed by atoms with Crippen LogP contribution in [-0.2, 0) is 0 Å². The predicted molar refractivity (Wildman–Crippen MR) is 49.4 cm³/mol. The second kappa shape index (κ2) is 6.89. The van der Waals surface area contributed by atoms with Crippen molar-refractivity contribution in [2.45, 2.75) is 32.0 Å². The Morgan fingerprint density at radius 2 is 1.92 bits per heavy atom. The molecule has 0 aliphatic carbocycles. The zero-order chi connectivity index (χ0) is 9.40. The summed E-state index contributed by atoms with van der Waals surface area (Å²) in [4.78, 5) is 0. The first-order chi connectivity index (χ1) is 5.78. The number of nitrogens with one attached hydrogen (secondary N) is 3. The molecule has 0 aromatic carbocycles. The molecule has 0 aliphatic heterocycles. The van der Waals surface area contributed by atoms with Crippen LogP contribution in [0.1, 0.15) is 19.8 Å². The topological polar surface area (TPSA) is 59.9 Å². The molecular formula is C8H18N4. The molecule has 1 atom stereocenters. The Hall–Kier alpha value is -0.790. The van der Waals surface area contributed by atoms with Crippen molar-refractivity contribution >= 4 is 0 Å². The van der Waals surface area contributed by atoms with Crippen molar-refractivity contribution in [1.29, 1.82) is 5.26 Å². The fraction of sp³-hybridized carbons (Fsp3) is 0.875. The van der Waals surface area contributed by atoms with Crippen molar-refractivity contribution in [3.63, 3.8) is 0 Å². The lowest BCUT2D eigenvalue weighted by Crippen LogP contribution is -2.43. The van der Waals surface area contributed by atoms with E-state index >= 15 is 0 Å². The lowest BCUT2D eigenvalue weighted by Gasteiger charge is -2.20. The average molecular weight is 170 g/mol. The molecule has 3 N–H and O–H groups in total. The lowest BCUT2D eigenvalue weighted by molar-refractivity contribution is 0.394. The summed E-state index contributed by atoms with van der Waals surface area (Å²) in [6.45, 7) is 2.07. The maximum Gasteiger partial charge on any atom is 0.176 e. The molecule has 0 spiro atoms. The van der Waals surface area contributed by atoms with Crippen molar-refractivity contribution in [3.05, 3.63) is 0 Å². The van der Waals surface area contributed by atoms with Gasteiger partial charge in [0.05, 0.1) is 6.17 Å². The summed E-state index contributed by atoms with van der Waals surface area (Å²) in [5, 5.41) is 17.4. The third-order valence-corrected chi connectivity index (χ3v) is 1.98. The lowest BCUT2D eigenvalue weighted by atomic mass is 10.1. The summed E-state index contributed by atoms with van der Waals surface area (Å²) in [6, 6.07) is 0.264. The number of hydrogen-bond donors (Lipinski definition) is 3. The number of nitriles is 1. The first kappa shape index (κ1) is 11.2. The molecule has 0 amide bonds. The van der Waals surface area contributed by atoms with Gasteiger partial charge in [0, 0.05) is 6.04 Å². The summed E-state index contributed by atoms with van der Waals surface area (Å²) >= 11 is 0. The smallest absolute Gasteiger partial charge is 0.176 e. The first-order valence-electron chi connectivity index (χ1n) is 4.27. The van der Waals surface area contributed by atoms with Gasteiger partial charge in [-0.2, -0.15) is 5.26 Å². The summed E-state index contributed by atoms with van der Waals surface area (Å²) in [5.74, 6) is 0. The van der Waals surface area contributed by atoms with Gasteiger partial charge >= 0.3 is 0 Å². The molecule has 0 bridgehead atoms. The Bertz CT molecular complexity index is 136. The summed E-state index contributed by atoms with van der Waals surface area (Å²) in [5.41, 5.74) is 0. The molecule has 0 heterocycles. The average Bonchev–Trinajstić information content (AvgIpc) is 2.12. The highest BCUT2D eigenvalue weighted by atomic mass is 15.1. The van der Waals surface area contributed by atoms with E-state index < -0.39 is 0 Å². The molecule has 0 radical (unpaired) electrons. The van der Waals surface area contributed by atoms with Crippen LogP contribution in [0.5, 0.6) is 0 Å². The molecule has 4 nitrogen and oxygen atoms in total. The van der Waals surface area contributed by atoms with Crippen LogP contribution in [0.2, 0.25) is 0 Å². The second-order valence-corrected chi connectivity index (χ2v) is 2.73. The summed E-state index contributed by atoms with van der Waals surface area (Å²) < 4.78 is 0. The van der Waals surface area contributed by atoms with Gasteiger partial charge in [0.25, 0.3) is 0 Å². The quantitative estimate of drug-likeness (QED) is 0.298. The third kappa shape index (κ3) is 4.16. The first-order valence-corrected chi connectivity index (χ1v) is 4.27. The van der Waals surface area contributed by atoms with Crippen LogP contribution in [0.4, 0.5) is 0 Å². The zero-order valence-corrected chi connectivity index (χ0v) is 8.02. The normalized spacial score (nSPS) is 12.6. The van der Waals surface area contributed by atoms with Gasteiger partial charge in [-0.05, 0) is 26.9 Å². The minimum atomic E-state index is 0.264. The van der Waals surface area contributed by atoms with E-state index in [1.165, 1.54) is 0 Å².